The van der Waals surface area contributed by atoms with Gasteiger partial charge in [-0.05, 0) is 24.4 Å². The van der Waals surface area contributed by atoms with E-state index in [1.54, 1.807) is 6.92 Å². The highest BCUT2D eigenvalue weighted by Crippen LogP contribution is 2.31. The van der Waals surface area contributed by atoms with Crippen molar-refractivity contribution in [2.24, 2.45) is 0 Å². The molecular formula is C12H12N2O3S. The molecule has 2 amide bonds. The molecule has 1 aromatic heterocycles. The van der Waals surface area contributed by atoms with Gasteiger partial charge in [0.2, 0.25) is 6.41 Å². The molecule has 0 saturated carbocycles. The van der Waals surface area contributed by atoms with E-state index in [-0.39, 0.29) is 6.61 Å². The lowest BCUT2D eigenvalue weighted by atomic mass is 10.3. The highest BCUT2D eigenvalue weighted by Gasteiger charge is 2.18. The van der Waals surface area contributed by atoms with Crippen LogP contribution in [0.4, 0.5) is 9.80 Å². The zero-order valence-electron chi connectivity index (χ0n) is 9.75. The quantitative estimate of drug-likeness (QED) is 0.682. The van der Waals surface area contributed by atoms with Crippen molar-refractivity contribution in [1.29, 1.82) is 0 Å². The van der Waals surface area contributed by atoms with Crippen LogP contribution in [0.1, 0.15) is 6.92 Å². The molecule has 0 radical (unpaired) electrons. The second kappa shape index (κ2) is 5.50. The average Bonchev–Trinajstić information content (AvgIpc) is 2.79. The zero-order valence-corrected chi connectivity index (χ0v) is 10.6. The van der Waals surface area contributed by atoms with Crippen molar-refractivity contribution in [3.63, 3.8) is 0 Å². The summed E-state index contributed by atoms with van der Waals surface area (Å²) in [5, 5.41) is 2.72. The Kier molecular flexibility index (Phi) is 3.78. The Hall–Kier alpha value is -2.08. The topological polar surface area (TPSA) is 58.6 Å². The lowest BCUT2D eigenvalue weighted by molar-refractivity contribution is -0.109. The first-order chi connectivity index (χ1) is 8.76. The van der Waals surface area contributed by atoms with E-state index >= 15 is 0 Å². The van der Waals surface area contributed by atoms with Crippen LogP contribution in [0.2, 0.25) is 0 Å². The third-order valence-corrected chi connectivity index (χ3v) is 3.37. The summed E-state index contributed by atoms with van der Waals surface area (Å²) >= 11 is 1.40. The summed E-state index contributed by atoms with van der Waals surface area (Å²) in [6.45, 7) is 1.96. The van der Waals surface area contributed by atoms with Crippen LogP contribution in [-0.4, -0.2) is 19.1 Å². The minimum atomic E-state index is -0.601. The van der Waals surface area contributed by atoms with Crippen LogP contribution < -0.4 is 10.4 Å². The lowest BCUT2D eigenvalue weighted by Crippen LogP contribution is -2.42. The molecule has 0 fully saturated rings. The largest absolute Gasteiger partial charge is 0.448 e. The predicted octanol–water partition coefficient (Wildman–Crippen LogP) is 2.53. The van der Waals surface area contributed by atoms with E-state index in [1.165, 1.54) is 11.3 Å². The van der Waals surface area contributed by atoms with Gasteiger partial charge in [0, 0.05) is 4.70 Å². The van der Waals surface area contributed by atoms with Crippen molar-refractivity contribution in [3.8, 4) is 0 Å². The van der Waals surface area contributed by atoms with Crippen LogP contribution in [0.3, 0.4) is 0 Å². The summed E-state index contributed by atoms with van der Waals surface area (Å²) < 4.78 is 5.92. The van der Waals surface area contributed by atoms with Crippen LogP contribution in [0.15, 0.2) is 30.3 Å². The Morgan fingerprint density at radius 1 is 1.50 bits per heavy atom. The van der Waals surface area contributed by atoms with Gasteiger partial charge in [0.05, 0.1) is 6.61 Å². The van der Waals surface area contributed by atoms with Crippen LogP contribution in [-0.2, 0) is 9.53 Å². The molecule has 0 atom stereocenters. The summed E-state index contributed by atoms with van der Waals surface area (Å²) in [6.07, 6.45) is -0.155. The van der Waals surface area contributed by atoms with Crippen LogP contribution in [0.25, 0.3) is 10.1 Å². The van der Waals surface area contributed by atoms with Crippen molar-refractivity contribution >= 4 is 38.9 Å². The number of nitrogens with zero attached hydrogens (tertiary/aromatic N) is 1. The summed E-state index contributed by atoms with van der Waals surface area (Å²) in [5.74, 6) is 0. The standard InChI is InChI=1S/C12H12N2O3S/c1-2-17-12(16)14(13-8-15)11-7-9-5-3-4-6-10(9)18-11/h3-8H,2H2,1H3,(H,13,15). The number of carbonyl (C=O) groups is 2. The second-order valence-corrected chi connectivity index (χ2v) is 4.47. The Labute approximate surface area is 108 Å². The van der Waals surface area contributed by atoms with Gasteiger partial charge in [-0.1, -0.05) is 18.2 Å². The fourth-order valence-corrected chi connectivity index (χ4v) is 2.55. The number of thiophene rings is 1. The molecule has 0 aliphatic heterocycles. The minimum Gasteiger partial charge on any atom is -0.448 e. The van der Waals surface area contributed by atoms with Gasteiger partial charge in [0.15, 0.2) is 0 Å². The Balaban J connectivity index is 2.34. The smallest absolute Gasteiger partial charge is 0.434 e. The molecule has 1 N–H and O–H groups in total. The Bertz CT molecular complexity index is 534. The third kappa shape index (κ3) is 2.43. The molecule has 94 valence electrons. The monoisotopic (exact) mass is 264 g/mol. The van der Waals surface area contributed by atoms with E-state index in [1.807, 2.05) is 30.3 Å². The zero-order chi connectivity index (χ0) is 13.0. The SMILES string of the molecule is CCOC(=O)N(NC=O)c1cc2ccccc2s1. The number of hydrogen-bond donors (Lipinski definition) is 1. The number of nitrogens with one attached hydrogen (secondary N) is 1. The van der Waals surface area contributed by atoms with E-state index in [9.17, 15) is 9.59 Å². The van der Waals surface area contributed by atoms with E-state index in [0.29, 0.717) is 11.4 Å². The molecule has 1 heterocycles. The molecular weight excluding hydrogens is 252 g/mol. The van der Waals surface area contributed by atoms with E-state index in [0.717, 1.165) is 15.1 Å². The average molecular weight is 264 g/mol. The third-order valence-electron chi connectivity index (χ3n) is 2.27. The first kappa shape index (κ1) is 12.4. The number of amides is 2. The maximum Gasteiger partial charge on any atom is 0.434 e. The number of fused-ring (bicyclic) bond motifs is 1. The number of hydrazine groups is 1. The van der Waals surface area contributed by atoms with Gasteiger partial charge in [0.1, 0.15) is 5.00 Å². The molecule has 2 aromatic rings. The van der Waals surface area contributed by atoms with Crippen LogP contribution >= 0.6 is 11.3 Å². The number of ether oxygens (including phenoxy) is 1. The second-order valence-electron chi connectivity index (χ2n) is 3.40. The number of hydrogen-bond acceptors (Lipinski definition) is 4. The van der Waals surface area contributed by atoms with Crippen LogP contribution in [0, 0.1) is 0 Å². The van der Waals surface area contributed by atoms with Gasteiger partial charge < -0.3 is 4.74 Å². The predicted molar refractivity (Wildman–Crippen MR) is 70.5 cm³/mol. The van der Waals surface area contributed by atoms with Crippen molar-refractivity contribution in [1.82, 2.24) is 5.43 Å². The summed E-state index contributed by atoms with van der Waals surface area (Å²) in [6, 6.07) is 9.56. The number of carbonyl (C=O) groups excluding carboxylic acids is 2. The first-order valence-corrected chi connectivity index (χ1v) is 6.23. The first-order valence-electron chi connectivity index (χ1n) is 5.41. The van der Waals surface area contributed by atoms with Crippen molar-refractivity contribution in [2.75, 3.05) is 11.6 Å². The van der Waals surface area contributed by atoms with Crippen molar-refractivity contribution in [2.45, 2.75) is 6.92 Å². The fraction of sp³-hybridized carbons (Fsp3) is 0.167. The van der Waals surface area contributed by atoms with Crippen molar-refractivity contribution < 1.29 is 14.3 Å². The van der Waals surface area contributed by atoms with Gasteiger partial charge in [-0.15, -0.1) is 11.3 Å². The molecule has 1 aromatic carbocycles. The molecule has 0 spiro atoms. The Morgan fingerprint density at radius 2 is 2.28 bits per heavy atom. The maximum atomic E-state index is 11.7. The van der Waals surface area contributed by atoms with Gasteiger partial charge in [-0.25, -0.2) is 4.79 Å². The normalized spacial score (nSPS) is 10.1. The van der Waals surface area contributed by atoms with E-state index in [2.05, 4.69) is 5.43 Å². The van der Waals surface area contributed by atoms with Crippen molar-refractivity contribution in [3.05, 3.63) is 30.3 Å². The molecule has 0 aliphatic rings. The minimum absolute atomic E-state index is 0.251. The van der Waals surface area contributed by atoms with E-state index in [4.69, 9.17) is 4.74 Å². The molecule has 18 heavy (non-hydrogen) atoms. The maximum absolute atomic E-state index is 11.7. The number of anilines is 1. The summed E-state index contributed by atoms with van der Waals surface area (Å²) in [7, 11) is 0. The fourth-order valence-electron chi connectivity index (χ4n) is 1.53. The molecule has 0 bridgehead atoms. The number of rotatable bonds is 4. The molecule has 0 aliphatic carbocycles. The molecule has 5 nitrogen and oxygen atoms in total. The van der Waals surface area contributed by atoms with E-state index < -0.39 is 6.09 Å². The molecule has 0 saturated heterocycles. The van der Waals surface area contributed by atoms with Gasteiger partial charge in [-0.2, -0.15) is 5.01 Å². The highest BCUT2D eigenvalue weighted by molar-refractivity contribution is 7.23. The van der Waals surface area contributed by atoms with Gasteiger partial charge in [0.25, 0.3) is 0 Å². The highest BCUT2D eigenvalue weighted by atomic mass is 32.1. The number of benzene rings is 1. The molecule has 0 unspecified atom stereocenters. The Morgan fingerprint density at radius 3 is 2.94 bits per heavy atom. The van der Waals surface area contributed by atoms with Gasteiger partial charge >= 0.3 is 6.09 Å². The lowest BCUT2D eigenvalue weighted by Gasteiger charge is -2.17. The molecule has 6 heteroatoms. The van der Waals surface area contributed by atoms with Crippen LogP contribution in [0.5, 0.6) is 0 Å². The summed E-state index contributed by atoms with van der Waals surface area (Å²) in [4.78, 5) is 22.3. The summed E-state index contributed by atoms with van der Waals surface area (Å²) in [5.41, 5.74) is 2.33. The van der Waals surface area contributed by atoms with Gasteiger partial charge in [-0.3, -0.25) is 10.2 Å². The molecule has 2 rings (SSSR count).